The zero-order chi connectivity index (χ0) is 19.1. The molecule has 1 aliphatic heterocycles. The second-order valence-electron chi connectivity index (χ2n) is 7.11. The molecule has 144 valence electrons. The maximum absolute atomic E-state index is 12.1. The van der Waals surface area contributed by atoms with Crippen molar-refractivity contribution in [1.29, 1.82) is 0 Å². The summed E-state index contributed by atoms with van der Waals surface area (Å²) in [5.41, 5.74) is 3.19. The molecule has 1 aliphatic rings. The van der Waals surface area contributed by atoms with Crippen molar-refractivity contribution < 1.29 is 4.79 Å². The molecular formula is C22H28ClN3O. The number of amides is 1. The van der Waals surface area contributed by atoms with Crippen molar-refractivity contribution in [2.24, 2.45) is 0 Å². The highest BCUT2D eigenvalue weighted by Gasteiger charge is 2.16. The van der Waals surface area contributed by atoms with Gasteiger partial charge < -0.3 is 10.2 Å². The second kappa shape index (κ2) is 9.77. The number of halogens is 1. The predicted octanol–water partition coefficient (Wildman–Crippen LogP) is 3.98. The summed E-state index contributed by atoms with van der Waals surface area (Å²) >= 11 is 6.05. The molecule has 0 atom stereocenters. The van der Waals surface area contributed by atoms with Crippen LogP contribution in [0.25, 0.3) is 0 Å². The van der Waals surface area contributed by atoms with Crippen molar-refractivity contribution in [3.8, 4) is 0 Å². The van der Waals surface area contributed by atoms with Crippen molar-refractivity contribution in [3.05, 3.63) is 64.7 Å². The van der Waals surface area contributed by atoms with Gasteiger partial charge in [-0.25, -0.2) is 0 Å². The van der Waals surface area contributed by atoms with Crippen LogP contribution in [-0.2, 0) is 0 Å². The van der Waals surface area contributed by atoms with Crippen LogP contribution in [0.1, 0.15) is 28.8 Å². The zero-order valence-electron chi connectivity index (χ0n) is 16.0. The van der Waals surface area contributed by atoms with Crippen molar-refractivity contribution in [2.45, 2.75) is 19.8 Å². The maximum Gasteiger partial charge on any atom is 0.252 e. The fourth-order valence-corrected chi connectivity index (χ4v) is 3.68. The molecule has 1 N–H and O–H groups in total. The lowest BCUT2D eigenvalue weighted by molar-refractivity contribution is 0.0952. The third kappa shape index (κ3) is 5.72. The number of benzene rings is 2. The third-order valence-corrected chi connectivity index (χ3v) is 5.37. The molecule has 2 aromatic carbocycles. The van der Waals surface area contributed by atoms with E-state index in [-0.39, 0.29) is 5.91 Å². The van der Waals surface area contributed by atoms with Gasteiger partial charge in [0.1, 0.15) is 0 Å². The van der Waals surface area contributed by atoms with Crippen molar-refractivity contribution in [3.63, 3.8) is 0 Å². The highest BCUT2D eigenvalue weighted by atomic mass is 35.5. The van der Waals surface area contributed by atoms with E-state index in [0.29, 0.717) is 17.1 Å². The van der Waals surface area contributed by atoms with Crippen LogP contribution in [0.15, 0.2) is 48.5 Å². The van der Waals surface area contributed by atoms with Gasteiger partial charge in [-0.15, -0.1) is 0 Å². The van der Waals surface area contributed by atoms with Gasteiger partial charge in [0.05, 0.1) is 10.6 Å². The van der Waals surface area contributed by atoms with Crippen LogP contribution in [0.2, 0.25) is 5.02 Å². The first-order valence-electron chi connectivity index (χ1n) is 9.70. The monoisotopic (exact) mass is 385 g/mol. The van der Waals surface area contributed by atoms with Gasteiger partial charge in [0.15, 0.2) is 0 Å². The Labute approximate surface area is 167 Å². The van der Waals surface area contributed by atoms with Gasteiger partial charge in [-0.05, 0) is 56.1 Å². The molecule has 0 saturated carbocycles. The Hall–Kier alpha value is -2.04. The van der Waals surface area contributed by atoms with Gasteiger partial charge in [0, 0.05) is 38.4 Å². The Bertz CT molecular complexity index is 757. The van der Waals surface area contributed by atoms with E-state index in [1.165, 1.54) is 11.3 Å². The van der Waals surface area contributed by atoms with E-state index in [9.17, 15) is 4.79 Å². The topological polar surface area (TPSA) is 35.6 Å². The lowest BCUT2D eigenvalue weighted by atomic mass is 10.2. The number of carbonyl (C=O) groups is 1. The van der Waals surface area contributed by atoms with E-state index in [0.717, 1.165) is 45.6 Å². The van der Waals surface area contributed by atoms with E-state index < -0.39 is 0 Å². The van der Waals surface area contributed by atoms with Crippen molar-refractivity contribution in [2.75, 3.05) is 44.2 Å². The van der Waals surface area contributed by atoms with Crippen LogP contribution >= 0.6 is 11.6 Å². The number of rotatable bonds is 7. The van der Waals surface area contributed by atoms with Gasteiger partial charge in [0.2, 0.25) is 0 Å². The summed E-state index contributed by atoms with van der Waals surface area (Å²) < 4.78 is 0. The molecular weight excluding hydrogens is 358 g/mol. The summed E-state index contributed by atoms with van der Waals surface area (Å²) in [5, 5.41) is 3.46. The molecule has 3 rings (SSSR count). The molecule has 0 aromatic heterocycles. The van der Waals surface area contributed by atoms with Crippen LogP contribution in [-0.4, -0.2) is 50.1 Å². The van der Waals surface area contributed by atoms with Crippen LogP contribution in [0.4, 0.5) is 5.69 Å². The van der Waals surface area contributed by atoms with Gasteiger partial charge >= 0.3 is 0 Å². The molecule has 1 fully saturated rings. The van der Waals surface area contributed by atoms with Gasteiger partial charge in [-0.1, -0.05) is 35.9 Å². The number of nitrogens with one attached hydrogen (secondary N) is 1. The van der Waals surface area contributed by atoms with Crippen LogP contribution in [0.3, 0.4) is 0 Å². The molecule has 5 heteroatoms. The molecule has 0 radical (unpaired) electrons. The second-order valence-corrected chi connectivity index (χ2v) is 7.52. The van der Waals surface area contributed by atoms with Crippen molar-refractivity contribution >= 4 is 23.2 Å². The Morgan fingerprint density at radius 1 is 1.04 bits per heavy atom. The number of aryl methyl sites for hydroxylation is 1. The molecule has 2 aromatic rings. The Kier molecular flexibility index (Phi) is 7.13. The minimum Gasteiger partial charge on any atom is -0.369 e. The van der Waals surface area contributed by atoms with E-state index in [1.807, 2.05) is 12.1 Å². The smallest absolute Gasteiger partial charge is 0.252 e. The number of hydrogen-bond acceptors (Lipinski definition) is 3. The quantitative estimate of drug-likeness (QED) is 0.732. The minimum absolute atomic E-state index is 0.0904. The summed E-state index contributed by atoms with van der Waals surface area (Å²) in [6.45, 7) is 8.26. The first-order chi connectivity index (χ1) is 13.1. The molecule has 0 aliphatic carbocycles. The summed E-state index contributed by atoms with van der Waals surface area (Å²) in [4.78, 5) is 17.1. The standard InChI is InChI=1S/C22H28ClN3O/c1-18-7-6-8-19(17-18)26-15-13-25(14-16-26)12-5-4-11-24-22(27)20-9-2-3-10-21(20)23/h2-3,6-10,17H,4-5,11-16H2,1H3,(H,24,27). The highest BCUT2D eigenvalue weighted by molar-refractivity contribution is 6.33. The fourth-order valence-electron chi connectivity index (χ4n) is 3.46. The largest absolute Gasteiger partial charge is 0.369 e. The third-order valence-electron chi connectivity index (χ3n) is 5.04. The molecule has 0 unspecified atom stereocenters. The van der Waals surface area contributed by atoms with Gasteiger partial charge in [-0.3, -0.25) is 9.69 Å². The first kappa shape index (κ1) is 19.7. The summed E-state index contributed by atoms with van der Waals surface area (Å²) in [5.74, 6) is -0.0904. The lowest BCUT2D eigenvalue weighted by Gasteiger charge is -2.36. The van der Waals surface area contributed by atoms with Gasteiger partial charge in [0.25, 0.3) is 5.91 Å². The summed E-state index contributed by atoms with van der Waals surface area (Å²) in [6.07, 6.45) is 2.07. The van der Waals surface area contributed by atoms with Crippen LogP contribution in [0.5, 0.6) is 0 Å². The highest BCUT2D eigenvalue weighted by Crippen LogP contribution is 2.18. The molecule has 0 bridgehead atoms. The SMILES string of the molecule is Cc1cccc(N2CCN(CCCCNC(=O)c3ccccc3Cl)CC2)c1. The van der Waals surface area contributed by atoms with E-state index >= 15 is 0 Å². The van der Waals surface area contributed by atoms with Crippen molar-refractivity contribution in [1.82, 2.24) is 10.2 Å². The fraction of sp³-hybridized carbons (Fsp3) is 0.409. The lowest BCUT2D eigenvalue weighted by Crippen LogP contribution is -2.46. The first-order valence-corrected chi connectivity index (χ1v) is 10.1. The Morgan fingerprint density at radius 2 is 1.81 bits per heavy atom. The number of nitrogens with zero attached hydrogens (tertiary/aromatic N) is 2. The average Bonchev–Trinajstić information content (AvgIpc) is 2.68. The summed E-state index contributed by atoms with van der Waals surface area (Å²) in [6, 6.07) is 15.9. The average molecular weight is 386 g/mol. The number of carbonyl (C=O) groups excluding carboxylic acids is 1. The van der Waals surface area contributed by atoms with Crippen LogP contribution in [0, 0.1) is 6.92 Å². The Balaban J connectivity index is 1.32. The molecule has 0 spiro atoms. The predicted molar refractivity (Wildman–Crippen MR) is 113 cm³/mol. The maximum atomic E-state index is 12.1. The summed E-state index contributed by atoms with van der Waals surface area (Å²) in [7, 11) is 0. The van der Waals surface area contributed by atoms with E-state index in [1.54, 1.807) is 12.1 Å². The molecule has 27 heavy (non-hydrogen) atoms. The van der Waals surface area contributed by atoms with Crippen LogP contribution < -0.4 is 10.2 Å². The zero-order valence-corrected chi connectivity index (χ0v) is 16.7. The molecule has 1 saturated heterocycles. The molecule has 1 amide bonds. The number of anilines is 1. The Morgan fingerprint density at radius 3 is 2.56 bits per heavy atom. The number of piperazine rings is 1. The van der Waals surface area contributed by atoms with E-state index in [2.05, 4.69) is 46.3 Å². The van der Waals surface area contributed by atoms with E-state index in [4.69, 9.17) is 11.6 Å². The number of hydrogen-bond donors (Lipinski definition) is 1. The normalized spacial score (nSPS) is 15.0. The van der Waals surface area contributed by atoms with Gasteiger partial charge in [-0.2, -0.15) is 0 Å². The molecule has 4 nitrogen and oxygen atoms in total. The number of unbranched alkanes of at least 4 members (excludes halogenated alkanes) is 1. The molecule has 1 heterocycles. The minimum atomic E-state index is -0.0904.